The Morgan fingerprint density at radius 3 is 2.77 bits per heavy atom. The minimum atomic E-state index is -0.235. The van der Waals surface area contributed by atoms with Crippen LogP contribution in [0.1, 0.15) is 56.7 Å². The molecule has 146 valence electrons. The normalized spacial score (nSPS) is 24.8. The smallest absolute Gasteiger partial charge is 0.410 e. The molecule has 3 heterocycles. The van der Waals surface area contributed by atoms with Crippen LogP contribution < -0.4 is 5.32 Å². The highest BCUT2D eigenvalue weighted by atomic mass is 16.6. The number of nitrogens with zero attached hydrogens (tertiary/aromatic N) is 2. The van der Waals surface area contributed by atoms with Crippen LogP contribution in [0, 0.1) is 6.92 Å². The van der Waals surface area contributed by atoms with Crippen LogP contribution in [0.2, 0.25) is 0 Å². The van der Waals surface area contributed by atoms with Crippen LogP contribution in [0.5, 0.6) is 0 Å². The summed E-state index contributed by atoms with van der Waals surface area (Å²) in [4.78, 5) is 14.6. The number of likely N-dealkylation sites (tertiary alicyclic amines) is 1. The fourth-order valence-corrected chi connectivity index (χ4v) is 4.02. The molecule has 2 unspecified atom stereocenters. The van der Waals surface area contributed by atoms with Crippen molar-refractivity contribution >= 4 is 6.09 Å². The highest BCUT2D eigenvalue weighted by Crippen LogP contribution is 2.34. The van der Waals surface area contributed by atoms with Gasteiger partial charge in [0.2, 0.25) is 0 Å². The van der Waals surface area contributed by atoms with E-state index in [4.69, 9.17) is 9.47 Å². The van der Waals surface area contributed by atoms with Gasteiger partial charge >= 0.3 is 6.09 Å². The van der Waals surface area contributed by atoms with Gasteiger partial charge in [0, 0.05) is 18.2 Å². The second-order valence-electron chi connectivity index (χ2n) is 7.69. The number of aryl methyl sites for hydroxylation is 1. The molecule has 1 aromatic heterocycles. The standard InChI is InChI=1S/C19H32N4O3/c1-13(2)26-19(24)23-10-4-5-16(18-14(3)11-21-22-18)17(23)12-25-15-6-8-20-9-7-15/h11,13,15-17,20H,4-10,12H2,1-3H3,(H,21,22). The van der Waals surface area contributed by atoms with Crippen molar-refractivity contribution in [2.45, 2.75) is 70.6 Å². The number of aromatic nitrogens is 2. The molecule has 0 spiro atoms. The number of aromatic amines is 1. The van der Waals surface area contributed by atoms with Gasteiger partial charge < -0.3 is 19.7 Å². The van der Waals surface area contributed by atoms with Crippen LogP contribution in [-0.2, 0) is 9.47 Å². The summed E-state index contributed by atoms with van der Waals surface area (Å²) in [6.07, 6.45) is 5.79. The third-order valence-corrected chi connectivity index (χ3v) is 5.38. The summed E-state index contributed by atoms with van der Waals surface area (Å²) in [5.74, 6) is 0.202. The summed E-state index contributed by atoms with van der Waals surface area (Å²) < 4.78 is 11.8. The molecule has 2 aliphatic rings. The fourth-order valence-electron chi connectivity index (χ4n) is 4.02. The largest absolute Gasteiger partial charge is 0.447 e. The molecule has 26 heavy (non-hydrogen) atoms. The highest BCUT2D eigenvalue weighted by molar-refractivity contribution is 5.68. The second-order valence-corrected chi connectivity index (χ2v) is 7.69. The number of piperidine rings is 2. The van der Waals surface area contributed by atoms with Gasteiger partial charge in [-0.05, 0) is 65.1 Å². The summed E-state index contributed by atoms with van der Waals surface area (Å²) in [5.41, 5.74) is 2.26. The number of carbonyl (C=O) groups is 1. The lowest BCUT2D eigenvalue weighted by Gasteiger charge is -2.41. The predicted octanol–water partition coefficient (Wildman–Crippen LogP) is 2.58. The van der Waals surface area contributed by atoms with Gasteiger partial charge in [0.1, 0.15) is 0 Å². The third kappa shape index (κ3) is 4.57. The van der Waals surface area contributed by atoms with E-state index in [0.29, 0.717) is 6.61 Å². The number of carbonyl (C=O) groups excluding carboxylic acids is 1. The first kappa shape index (κ1) is 19.2. The van der Waals surface area contributed by atoms with E-state index >= 15 is 0 Å². The van der Waals surface area contributed by atoms with E-state index in [1.54, 1.807) is 0 Å². The Bertz CT molecular complexity index is 583. The van der Waals surface area contributed by atoms with Crippen molar-refractivity contribution in [3.63, 3.8) is 0 Å². The zero-order valence-corrected chi connectivity index (χ0v) is 16.2. The van der Waals surface area contributed by atoms with Gasteiger partial charge in [0.15, 0.2) is 0 Å². The summed E-state index contributed by atoms with van der Waals surface area (Å²) in [5, 5.41) is 10.7. The molecule has 1 aromatic rings. The number of H-pyrrole nitrogens is 1. The van der Waals surface area contributed by atoms with Crippen molar-refractivity contribution in [2.75, 3.05) is 26.2 Å². The number of hydrogen-bond acceptors (Lipinski definition) is 5. The molecule has 0 saturated carbocycles. The van der Waals surface area contributed by atoms with Gasteiger partial charge in [0.25, 0.3) is 0 Å². The molecule has 7 heteroatoms. The van der Waals surface area contributed by atoms with E-state index in [1.807, 2.05) is 24.9 Å². The lowest BCUT2D eigenvalue weighted by atomic mass is 9.85. The van der Waals surface area contributed by atoms with Crippen molar-refractivity contribution in [1.82, 2.24) is 20.4 Å². The summed E-state index contributed by atoms with van der Waals surface area (Å²) in [6.45, 7) is 9.10. The number of hydrogen-bond donors (Lipinski definition) is 2. The van der Waals surface area contributed by atoms with Gasteiger partial charge in [-0.1, -0.05) is 0 Å². The van der Waals surface area contributed by atoms with Crippen molar-refractivity contribution in [3.8, 4) is 0 Å². The monoisotopic (exact) mass is 364 g/mol. The first-order valence-corrected chi connectivity index (χ1v) is 9.85. The van der Waals surface area contributed by atoms with E-state index in [9.17, 15) is 4.79 Å². The van der Waals surface area contributed by atoms with Crippen LogP contribution >= 0.6 is 0 Å². The maximum atomic E-state index is 12.7. The third-order valence-electron chi connectivity index (χ3n) is 5.38. The van der Waals surface area contributed by atoms with Gasteiger partial charge in [-0.15, -0.1) is 0 Å². The number of amides is 1. The Labute approximate surface area is 155 Å². The molecule has 2 aliphatic heterocycles. The van der Waals surface area contributed by atoms with Crippen LogP contribution in [0.25, 0.3) is 0 Å². The van der Waals surface area contributed by atoms with Crippen LogP contribution in [0.4, 0.5) is 4.79 Å². The molecule has 3 rings (SSSR count). The molecule has 0 bridgehead atoms. The lowest BCUT2D eigenvalue weighted by molar-refractivity contribution is -0.0255. The second kappa shape index (κ2) is 8.86. The molecule has 2 saturated heterocycles. The van der Waals surface area contributed by atoms with Crippen LogP contribution in [-0.4, -0.2) is 65.7 Å². The number of rotatable bonds is 5. The molecule has 0 radical (unpaired) electrons. The molecule has 7 nitrogen and oxygen atoms in total. The zero-order chi connectivity index (χ0) is 18.5. The van der Waals surface area contributed by atoms with Crippen molar-refractivity contribution in [1.29, 1.82) is 0 Å². The average Bonchev–Trinajstić information content (AvgIpc) is 3.05. The topological polar surface area (TPSA) is 79.5 Å². The molecular formula is C19H32N4O3. The minimum absolute atomic E-state index is 0.0240. The van der Waals surface area contributed by atoms with E-state index in [-0.39, 0.29) is 30.3 Å². The maximum Gasteiger partial charge on any atom is 0.410 e. The Kier molecular flexibility index (Phi) is 6.53. The van der Waals surface area contributed by atoms with Gasteiger partial charge in [-0.3, -0.25) is 5.10 Å². The Hall–Kier alpha value is -1.60. The number of ether oxygens (including phenoxy) is 2. The zero-order valence-electron chi connectivity index (χ0n) is 16.2. The van der Waals surface area contributed by atoms with E-state index < -0.39 is 0 Å². The summed E-state index contributed by atoms with van der Waals surface area (Å²) >= 11 is 0. The SMILES string of the molecule is Cc1cn[nH]c1C1CCCN(C(=O)OC(C)C)C1COC1CCNCC1. The molecule has 2 N–H and O–H groups in total. The van der Waals surface area contributed by atoms with E-state index in [0.717, 1.165) is 56.6 Å². The molecular weight excluding hydrogens is 332 g/mol. The first-order valence-electron chi connectivity index (χ1n) is 9.85. The maximum absolute atomic E-state index is 12.7. The minimum Gasteiger partial charge on any atom is -0.447 e. The Morgan fingerprint density at radius 1 is 1.35 bits per heavy atom. The predicted molar refractivity (Wildman–Crippen MR) is 99.3 cm³/mol. The van der Waals surface area contributed by atoms with E-state index in [2.05, 4.69) is 22.4 Å². The van der Waals surface area contributed by atoms with Crippen molar-refractivity contribution in [2.24, 2.45) is 0 Å². The quantitative estimate of drug-likeness (QED) is 0.839. The van der Waals surface area contributed by atoms with Gasteiger partial charge in [0.05, 0.1) is 31.1 Å². The Balaban J connectivity index is 1.75. The molecule has 0 aromatic carbocycles. The first-order chi connectivity index (χ1) is 12.6. The van der Waals surface area contributed by atoms with Crippen LogP contribution in [0.15, 0.2) is 6.20 Å². The van der Waals surface area contributed by atoms with E-state index in [1.165, 1.54) is 0 Å². The van der Waals surface area contributed by atoms with Gasteiger partial charge in [-0.2, -0.15) is 5.10 Å². The molecule has 1 amide bonds. The average molecular weight is 364 g/mol. The Morgan fingerprint density at radius 2 is 2.12 bits per heavy atom. The summed E-state index contributed by atoms with van der Waals surface area (Å²) in [6, 6.07) is -0.0240. The molecule has 2 fully saturated rings. The summed E-state index contributed by atoms with van der Waals surface area (Å²) in [7, 11) is 0. The van der Waals surface area contributed by atoms with Crippen LogP contribution in [0.3, 0.4) is 0 Å². The highest BCUT2D eigenvalue weighted by Gasteiger charge is 2.38. The lowest BCUT2D eigenvalue weighted by Crippen LogP contribution is -2.51. The fraction of sp³-hybridized carbons (Fsp3) is 0.789. The molecule has 0 aliphatic carbocycles. The van der Waals surface area contributed by atoms with Crippen molar-refractivity contribution in [3.05, 3.63) is 17.5 Å². The van der Waals surface area contributed by atoms with Gasteiger partial charge in [-0.25, -0.2) is 4.79 Å². The molecule has 2 atom stereocenters. The van der Waals surface area contributed by atoms with Crippen molar-refractivity contribution < 1.29 is 14.3 Å². The number of nitrogens with one attached hydrogen (secondary N) is 2.